The fourth-order valence-corrected chi connectivity index (χ4v) is 1.08. The van der Waals surface area contributed by atoms with Gasteiger partial charge >= 0.3 is 12.1 Å². The third-order valence-corrected chi connectivity index (χ3v) is 1.81. The first-order chi connectivity index (χ1) is 7.63. The average molecular weight is 243 g/mol. The van der Waals surface area contributed by atoms with E-state index < -0.39 is 17.7 Å². The molecule has 1 amide bonds. The predicted molar refractivity (Wildman–Crippen MR) is 64.9 cm³/mol. The first kappa shape index (κ1) is 15.5. The minimum atomic E-state index is -1.03. The number of hydrogen-bond donors (Lipinski definition) is 1. The number of rotatable bonds is 4. The van der Waals surface area contributed by atoms with Gasteiger partial charge in [-0.15, -0.1) is 0 Å². The van der Waals surface area contributed by atoms with Gasteiger partial charge in [0.25, 0.3) is 0 Å². The number of hydrogen-bond acceptors (Lipinski definition) is 3. The molecule has 0 atom stereocenters. The van der Waals surface area contributed by atoms with Crippen LogP contribution in [0.5, 0.6) is 0 Å². The average Bonchev–Trinajstić information content (AvgIpc) is 2.07. The van der Waals surface area contributed by atoms with Crippen molar-refractivity contribution >= 4 is 12.1 Å². The van der Waals surface area contributed by atoms with E-state index in [2.05, 4.69) is 0 Å². The monoisotopic (exact) mass is 243 g/mol. The van der Waals surface area contributed by atoms with Crippen molar-refractivity contribution in [2.75, 3.05) is 6.54 Å². The van der Waals surface area contributed by atoms with Crippen LogP contribution in [0.25, 0.3) is 0 Å². The molecule has 98 valence electrons. The second kappa shape index (κ2) is 6.27. The van der Waals surface area contributed by atoms with Gasteiger partial charge in [0, 0.05) is 18.7 Å². The summed E-state index contributed by atoms with van der Waals surface area (Å²) >= 11 is 0. The summed E-state index contributed by atoms with van der Waals surface area (Å²) in [5.41, 5.74) is -0.555. The molecule has 0 aromatic carbocycles. The number of ether oxygens (including phenoxy) is 1. The maximum Gasteiger partial charge on any atom is 0.410 e. The van der Waals surface area contributed by atoms with Gasteiger partial charge in [-0.05, 0) is 34.6 Å². The second-order valence-corrected chi connectivity index (χ2v) is 4.97. The molecule has 5 heteroatoms. The third-order valence-electron chi connectivity index (χ3n) is 1.81. The molecule has 0 radical (unpaired) electrons. The summed E-state index contributed by atoms with van der Waals surface area (Å²) in [5, 5.41) is 8.47. The van der Waals surface area contributed by atoms with Gasteiger partial charge in [-0.2, -0.15) is 0 Å². The van der Waals surface area contributed by atoms with Crippen molar-refractivity contribution in [1.29, 1.82) is 0 Å². The van der Waals surface area contributed by atoms with Crippen LogP contribution in [-0.4, -0.2) is 40.3 Å². The van der Waals surface area contributed by atoms with E-state index in [-0.39, 0.29) is 12.6 Å². The van der Waals surface area contributed by atoms with Crippen LogP contribution in [0.1, 0.15) is 34.6 Å². The van der Waals surface area contributed by atoms with E-state index in [1.807, 2.05) is 13.8 Å². The van der Waals surface area contributed by atoms with E-state index in [1.54, 1.807) is 20.8 Å². The number of amides is 1. The molecular weight excluding hydrogens is 222 g/mol. The maximum absolute atomic E-state index is 11.8. The van der Waals surface area contributed by atoms with Crippen molar-refractivity contribution in [2.24, 2.45) is 0 Å². The molecule has 0 rings (SSSR count). The Morgan fingerprint density at radius 2 is 1.88 bits per heavy atom. The first-order valence-corrected chi connectivity index (χ1v) is 5.52. The molecule has 0 saturated heterocycles. The van der Waals surface area contributed by atoms with Gasteiger partial charge in [0.15, 0.2) is 0 Å². The van der Waals surface area contributed by atoms with Crippen molar-refractivity contribution in [3.63, 3.8) is 0 Å². The van der Waals surface area contributed by atoms with Gasteiger partial charge in [-0.25, -0.2) is 9.59 Å². The molecule has 0 spiro atoms. The zero-order valence-electron chi connectivity index (χ0n) is 11.1. The van der Waals surface area contributed by atoms with Crippen LogP contribution in [0.4, 0.5) is 4.79 Å². The molecule has 1 N–H and O–H groups in total. The lowest BCUT2D eigenvalue weighted by atomic mass is 10.2. The quantitative estimate of drug-likeness (QED) is 0.769. The largest absolute Gasteiger partial charge is 0.478 e. The Morgan fingerprint density at radius 3 is 2.24 bits per heavy atom. The number of carboxylic acid groups (broad SMARTS) is 1. The summed E-state index contributed by atoms with van der Waals surface area (Å²) in [7, 11) is 0. The summed E-state index contributed by atoms with van der Waals surface area (Å²) in [6, 6.07) is -0.0525. The second-order valence-electron chi connectivity index (χ2n) is 4.97. The van der Waals surface area contributed by atoms with E-state index in [0.29, 0.717) is 0 Å². The Morgan fingerprint density at radius 1 is 1.35 bits per heavy atom. The molecule has 0 aliphatic carbocycles. The number of nitrogens with zero attached hydrogens (tertiary/aromatic N) is 1. The molecule has 0 aliphatic rings. The summed E-state index contributed by atoms with van der Waals surface area (Å²) < 4.78 is 5.22. The van der Waals surface area contributed by atoms with E-state index in [9.17, 15) is 9.59 Å². The highest BCUT2D eigenvalue weighted by atomic mass is 16.6. The molecule has 0 aliphatic heterocycles. The highest BCUT2D eigenvalue weighted by molar-refractivity contribution is 5.79. The third kappa shape index (κ3) is 7.38. The van der Waals surface area contributed by atoms with Crippen LogP contribution < -0.4 is 0 Å². The molecule has 0 aromatic heterocycles. The smallest absolute Gasteiger partial charge is 0.410 e. The number of carbonyl (C=O) groups excluding carboxylic acids is 1. The zero-order valence-corrected chi connectivity index (χ0v) is 11.1. The Labute approximate surface area is 102 Å². The van der Waals surface area contributed by atoms with Crippen LogP contribution in [0.3, 0.4) is 0 Å². The Kier molecular flexibility index (Phi) is 5.71. The van der Waals surface area contributed by atoms with Gasteiger partial charge in [0.1, 0.15) is 5.60 Å². The van der Waals surface area contributed by atoms with Crippen LogP contribution in [0, 0.1) is 0 Å². The highest BCUT2D eigenvalue weighted by Crippen LogP contribution is 2.11. The van der Waals surface area contributed by atoms with Gasteiger partial charge in [-0.3, -0.25) is 0 Å². The van der Waals surface area contributed by atoms with E-state index in [0.717, 1.165) is 6.08 Å². The van der Waals surface area contributed by atoms with Crippen molar-refractivity contribution in [2.45, 2.75) is 46.3 Å². The molecular formula is C12H21NO4. The van der Waals surface area contributed by atoms with Crippen LogP contribution in [-0.2, 0) is 9.53 Å². The molecule has 17 heavy (non-hydrogen) atoms. The molecule has 0 heterocycles. The molecule has 5 nitrogen and oxygen atoms in total. The topological polar surface area (TPSA) is 66.8 Å². The molecule has 0 bridgehead atoms. The molecule has 0 unspecified atom stereocenters. The Balaban J connectivity index is 4.53. The SMILES string of the molecule is CC(C)N(C/C=C/C(=O)O)C(=O)OC(C)(C)C. The lowest BCUT2D eigenvalue weighted by Crippen LogP contribution is -2.41. The molecule has 0 saturated carbocycles. The van der Waals surface area contributed by atoms with Gasteiger partial charge in [-0.1, -0.05) is 6.08 Å². The van der Waals surface area contributed by atoms with Crippen LogP contribution in [0.15, 0.2) is 12.2 Å². The van der Waals surface area contributed by atoms with Gasteiger partial charge < -0.3 is 14.7 Å². The van der Waals surface area contributed by atoms with Crippen LogP contribution in [0.2, 0.25) is 0 Å². The fraction of sp³-hybridized carbons (Fsp3) is 0.667. The number of carbonyl (C=O) groups is 2. The standard InChI is InChI=1S/C12H21NO4/c1-9(2)13(8-6-7-10(14)15)11(16)17-12(3,4)5/h6-7,9H,8H2,1-5H3,(H,14,15)/b7-6+. The van der Waals surface area contributed by atoms with Crippen molar-refractivity contribution in [3.8, 4) is 0 Å². The van der Waals surface area contributed by atoms with Crippen LogP contribution >= 0.6 is 0 Å². The predicted octanol–water partition coefficient (Wildman–Crippen LogP) is 2.27. The lowest BCUT2D eigenvalue weighted by Gasteiger charge is -2.29. The number of carboxylic acids is 1. The molecule has 0 aromatic rings. The normalized spacial score (nSPS) is 11.9. The molecule has 0 fully saturated rings. The van der Waals surface area contributed by atoms with E-state index in [1.165, 1.54) is 11.0 Å². The van der Waals surface area contributed by atoms with Crippen molar-refractivity contribution in [1.82, 2.24) is 4.90 Å². The number of aliphatic carboxylic acids is 1. The van der Waals surface area contributed by atoms with E-state index in [4.69, 9.17) is 9.84 Å². The summed E-state index contributed by atoms with van der Waals surface area (Å²) in [6.45, 7) is 9.28. The lowest BCUT2D eigenvalue weighted by molar-refractivity contribution is -0.131. The summed E-state index contributed by atoms with van der Waals surface area (Å²) in [4.78, 5) is 23.6. The highest BCUT2D eigenvalue weighted by Gasteiger charge is 2.23. The van der Waals surface area contributed by atoms with Crippen molar-refractivity contribution < 1.29 is 19.4 Å². The Hall–Kier alpha value is -1.52. The van der Waals surface area contributed by atoms with Gasteiger partial charge in [0.05, 0.1) is 0 Å². The Bertz CT molecular complexity index is 302. The minimum absolute atomic E-state index is 0.0525. The maximum atomic E-state index is 11.8. The summed E-state index contributed by atoms with van der Waals surface area (Å²) in [5.74, 6) is -1.03. The first-order valence-electron chi connectivity index (χ1n) is 5.52. The van der Waals surface area contributed by atoms with Gasteiger partial charge in [0.2, 0.25) is 0 Å². The van der Waals surface area contributed by atoms with E-state index >= 15 is 0 Å². The van der Waals surface area contributed by atoms with Crippen molar-refractivity contribution in [3.05, 3.63) is 12.2 Å². The summed E-state index contributed by atoms with van der Waals surface area (Å²) in [6.07, 6.45) is 1.99. The zero-order chi connectivity index (χ0) is 13.6. The minimum Gasteiger partial charge on any atom is -0.478 e. The fourth-order valence-electron chi connectivity index (χ4n) is 1.08.